The number of nitrogens with two attached hydrogens (primary N) is 1. The molecule has 0 saturated heterocycles. The summed E-state index contributed by atoms with van der Waals surface area (Å²) in [6, 6.07) is 0.307. The molecule has 6 nitrogen and oxygen atoms in total. The Labute approximate surface area is 101 Å². The summed E-state index contributed by atoms with van der Waals surface area (Å²) in [4.78, 5) is 8.36. The third kappa shape index (κ3) is 2.65. The van der Waals surface area contributed by atoms with Gasteiger partial charge in [0.15, 0.2) is 0 Å². The molecule has 0 bridgehead atoms. The van der Waals surface area contributed by atoms with Crippen LogP contribution >= 0.6 is 0 Å². The molecule has 1 fully saturated rings. The Morgan fingerprint density at radius 1 is 1.41 bits per heavy atom. The van der Waals surface area contributed by atoms with E-state index in [1.807, 2.05) is 0 Å². The highest BCUT2D eigenvalue weighted by Crippen LogP contribution is 2.27. The van der Waals surface area contributed by atoms with Crippen LogP contribution in [-0.2, 0) is 6.42 Å². The fraction of sp³-hybridized carbons (Fsp3) is 0.636. The number of anilines is 2. The zero-order valence-electron chi connectivity index (χ0n) is 9.98. The molecule has 17 heavy (non-hydrogen) atoms. The van der Waals surface area contributed by atoms with Crippen LogP contribution in [-0.4, -0.2) is 27.2 Å². The molecule has 1 aromatic heterocycles. The highest BCUT2D eigenvalue weighted by Gasteiger charge is 2.28. The van der Waals surface area contributed by atoms with E-state index < -0.39 is 0 Å². The smallest absolute Gasteiger partial charge is 0.148 e. The number of hydrogen-bond acceptors (Lipinski definition) is 6. The second-order valence-corrected chi connectivity index (χ2v) is 4.41. The van der Waals surface area contributed by atoms with Crippen LogP contribution < -0.4 is 16.6 Å². The second kappa shape index (κ2) is 5.29. The number of hydrazine groups is 1. The van der Waals surface area contributed by atoms with Gasteiger partial charge >= 0.3 is 0 Å². The second-order valence-electron chi connectivity index (χ2n) is 4.41. The van der Waals surface area contributed by atoms with Crippen molar-refractivity contribution in [2.24, 2.45) is 5.84 Å². The summed E-state index contributed by atoms with van der Waals surface area (Å²) < 4.78 is 0. The van der Waals surface area contributed by atoms with Gasteiger partial charge in [0.2, 0.25) is 0 Å². The van der Waals surface area contributed by atoms with Crippen molar-refractivity contribution in [2.75, 3.05) is 10.7 Å². The Kier molecular flexibility index (Phi) is 3.75. The predicted molar refractivity (Wildman–Crippen MR) is 66.5 cm³/mol. The van der Waals surface area contributed by atoms with Gasteiger partial charge in [0.05, 0.1) is 6.10 Å². The van der Waals surface area contributed by atoms with Crippen LogP contribution in [0.2, 0.25) is 0 Å². The average molecular weight is 237 g/mol. The molecule has 1 aliphatic rings. The number of rotatable bonds is 5. The van der Waals surface area contributed by atoms with Crippen LogP contribution in [0.1, 0.15) is 31.7 Å². The Bertz CT molecular complexity index is 378. The number of nitrogen functional groups attached to an aromatic ring is 1. The Morgan fingerprint density at radius 3 is 2.71 bits per heavy atom. The first-order chi connectivity index (χ1) is 8.24. The van der Waals surface area contributed by atoms with Crippen LogP contribution in [0.15, 0.2) is 6.33 Å². The highest BCUT2D eigenvalue weighted by atomic mass is 16.3. The van der Waals surface area contributed by atoms with E-state index in [-0.39, 0.29) is 6.10 Å². The summed E-state index contributed by atoms with van der Waals surface area (Å²) in [5.74, 6) is 6.94. The highest BCUT2D eigenvalue weighted by molar-refractivity contribution is 5.57. The minimum Gasteiger partial charge on any atom is -0.393 e. The molecule has 0 aliphatic heterocycles. The first-order valence-corrected chi connectivity index (χ1v) is 5.99. The van der Waals surface area contributed by atoms with E-state index in [4.69, 9.17) is 5.84 Å². The molecule has 5 N–H and O–H groups in total. The normalized spacial score (nSPS) is 23.0. The largest absolute Gasteiger partial charge is 0.393 e. The monoisotopic (exact) mass is 237 g/mol. The van der Waals surface area contributed by atoms with Gasteiger partial charge in [0.1, 0.15) is 18.0 Å². The topological polar surface area (TPSA) is 96.1 Å². The molecule has 1 saturated carbocycles. The molecule has 0 unspecified atom stereocenters. The molecule has 1 aromatic rings. The number of aromatic nitrogens is 2. The van der Waals surface area contributed by atoms with Gasteiger partial charge in [-0.15, -0.1) is 0 Å². The van der Waals surface area contributed by atoms with Crippen molar-refractivity contribution in [1.82, 2.24) is 9.97 Å². The molecule has 0 aromatic carbocycles. The summed E-state index contributed by atoms with van der Waals surface area (Å²) >= 11 is 0. The van der Waals surface area contributed by atoms with Crippen LogP contribution in [0.25, 0.3) is 0 Å². The Morgan fingerprint density at radius 2 is 2.12 bits per heavy atom. The molecule has 0 radical (unpaired) electrons. The minimum atomic E-state index is -0.170. The summed E-state index contributed by atoms with van der Waals surface area (Å²) in [6.45, 7) is 2.10. The van der Waals surface area contributed by atoms with Crippen molar-refractivity contribution in [3.05, 3.63) is 11.9 Å². The van der Waals surface area contributed by atoms with Gasteiger partial charge in [0, 0.05) is 11.6 Å². The van der Waals surface area contributed by atoms with Gasteiger partial charge in [-0.05, 0) is 19.3 Å². The predicted octanol–water partition coefficient (Wildman–Crippen LogP) is 0.650. The standard InChI is InChI=1S/C11H19N5O/c1-2-3-9-10(13-6-14-11(9)16-12)15-7-4-8(17)5-7/h6-8,17H,2-5,12H2,1H3,(H2,13,14,15,16). The third-order valence-corrected chi connectivity index (χ3v) is 3.04. The van der Waals surface area contributed by atoms with Crippen LogP contribution in [0.5, 0.6) is 0 Å². The number of aliphatic hydroxyl groups is 1. The first-order valence-electron chi connectivity index (χ1n) is 5.99. The van der Waals surface area contributed by atoms with Crippen LogP contribution in [0, 0.1) is 0 Å². The molecular formula is C11H19N5O. The van der Waals surface area contributed by atoms with E-state index in [0.717, 1.165) is 37.1 Å². The van der Waals surface area contributed by atoms with E-state index in [2.05, 4.69) is 27.6 Å². The van der Waals surface area contributed by atoms with E-state index in [1.165, 1.54) is 6.33 Å². The van der Waals surface area contributed by atoms with E-state index in [9.17, 15) is 5.11 Å². The zero-order valence-corrected chi connectivity index (χ0v) is 9.98. The molecule has 2 rings (SSSR count). The van der Waals surface area contributed by atoms with Gasteiger partial charge in [-0.1, -0.05) is 13.3 Å². The maximum atomic E-state index is 9.26. The van der Waals surface area contributed by atoms with Gasteiger partial charge in [0.25, 0.3) is 0 Å². The Balaban J connectivity index is 2.13. The lowest BCUT2D eigenvalue weighted by atomic mass is 9.89. The molecule has 6 heteroatoms. The maximum absolute atomic E-state index is 9.26. The molecule has 94 valence electrons. The van der Waals surface area contributed by atoms with Gasteiger partial charge in [-0.3, -0.25) is 0 Å². The van der Waals surface area contributed by atoms with Crippen LogP contribution in [0.4, 0.5) is 11.6 Å². The fourth-order valence-electron chi connectivity index (χ4n) is 2.05. The van der Waals surface area contributed by atoms with E-state index in [1.54, 1.807) is 0 Å². The van der Waals surface area contributed by atoms with Gasteiger partial charge in [-0.2, -0.15) is 0 Å². The van der Waals surface area contributed by atoms with Crippen molar-refractivity contribution in [3.8, 4) is 0 Å². The minimum absolute atomic E-state index is 0.170. The number of aliphatic hydroxyl groups excluding tert-OH is 1. The number of hydrogen-bond donors (Lipinski definition) is 4. The fourth-order valence-corrected chi connectivity index (χ4v) is 2.05. The summed E-state index contributed by atoms with van der Waals surface area (Å²) in [7, 11) is 0. The van der Waals surface area contributed by atoms with Crippen molar-refractivity contribution in [3.63, 3.8) is 0 Å². The number of nitrogens with zero attached hydrogens (tertiary/aromatic N) is 2. The summed E-state index contributed by atoms with van der Waals surface area (Å²) in [5, 5.41) is 12.6. The molecular weight excluding hydrogens is 218 g/mol. The quantitative estimate of drug-likeness (QED) is 0.443. The molecule has 0 spiro atoms. The zero-order chi connectivity index (χ0) is 12.3. The van der Waals surface area contributed by atoms with Crippen molar-refractivity contribution in [1.29, 1.82) is 0 Å². The average Bonchev–Trinajstić information content (AvgIpc) is 2.29. The van der Waals surface area contributed by atoms with Crippen LogP contribution in [0.3, 0.4) is 0 Å². The Hall–Kier alpha value is -1.40. The summed E-state index contributed by atoms with van der Waals surface area (Å²) in [6.07, 6.45) is 4.76. The van der Waals surface area contributed by atoms with E-state index in [0.29, 0.717) is 11.9 Å². The van der Waals surface area contributed by atoms with Crippen molar-refractivity contribution in [2.45, 2.75) is 44.8 Å². The maximum Gasteiger partial charge on any atom is 0.148 e. The third-order valence-electron chi connectivity index (χ3n) is 3.04. The van der Waals surface area contributed by atoms with Gasteiger partial charge < -0.3 is 15.8 Å². The lowest BCUT2D eigenvalue weighted by Gasteiger charge is -2.33. The SMILES string of the molecule is CCCc1c(NN)ncnc1NC1CC(O)C1. The molecule has 1 aliphatic carbocycles. The lowest BCUT2D eigenvalue weighted by molar-refractivity contribution is 0.0835. The molecule has 0 atom stereocenters. The summed E-state index contributed by atoms with van der Waals surface area (Å²) in [5.41, 5.74) is 3.61. The lowest BCUT2D eigenvalue weighted by Crippen LogP contribution is -2.39. The van der Waals surface area contributed by atoms with Gasteiger partial charge in [-0.25, -0.2) is 15.8 Å². The molecule has 1 heterocycles. The number of nitrogens with one attached hydrogen (secondary N) is 2. The van der Waals surface area contributed by atoms with Crippen molar-refractivity contribution < 1.29 is 5.11 Å². The molecule has 0 amide bonds. The van der Waals surface area contributed by atoms with Crippen molar-refractivity contribution >= 4 is 11.6 Å². The van der Waals surface area contributed by atoms with E-state index >= 15 is 0 Å². The first kappa shape index (κ1) is 12.1.